The van der Waals surface area contributed by atoms with Gasteiger partial charge in [-0.2, -0.15) is 41.1 Å². The molecule has 3 aromatic rings. The van der Waals surface area contributed by atoms with Gasteiger partial charge in [-0.1, -0.05) is 25.2 Å². The van der Waals surface area contributed by atoms with Gasteiger partial charge in [0.05, 0.1) is 0 Å². The van der Waals surface area contributed by atoms with Crippen LogP contribution in [0.5, 0.6) is 0 Å². The molecule has 0 aromatic heterocycles. The summed E-state index contributed by atoms with van der Waals surface area (Å²) in [6.45, 7) is 6.88. The molecule has 0 aliphatic rings. The van der Waals surface area contributed by atoms with E-state index in [1.165, 1.54) is 28.4 Å². The van der Waals surface area contributed by atoms with Crippen LogP contribution in [0.1, 0.15) is 12.5 Å². The van der Waals surface area contributed by atoms with E-state index >= 15 is 0 Å². The summed E-state index contributed by atoms with van der Waals surface area (Å²) < 4.78 is 0. The molecule has 0 nitrogen and oxygen atoms in total. The van der Waals surface area contributed by atoms with Gasteiger partial charge in [-0.05, 0) is 13.3 Å². The van der Waals surface area contributed by atoms with Crippen LogP contribution < -0.4 is 37.2 Å². The number of halogens is 3. The Kier molecular flexibility index (Phi) is 19.4. The third-order valence-electron chi connectivity index (χ3n) is 3.37. The molecule has 0 fully saturated rings. The standard InChI is InChI=1S/C11H16P.C9H7.3ClH.Hf/c1-10(9-12(2)3)11-7-5-4-6-8-11;1-2-5-9-7-3-6-8(9)4-1;;;;/h4-8H,9H2,1-3H3;1-7H;3*1H;/q2*-1;;;;+4/p-3. The topological polar surface area (TPSA) is 0 Å². The first-order valence-corrected chi connectivity index (χ1v) is 9.72. The molecule has 0 saturated heterocycles. The number of fused-ring (bicyclic) bond motifs is 1. The van der Waals surface area contributed by atoms with Crippen molar-refractivity contribution < 1.29 is 63.1 Å². The summed E-state index contributed by atoms with van der Waals surface area (Å²) >= 11 is 0. The van der Waals surface area contributed by atoms with Crippen LogP contribution in [-0.2, 0) is 25.8 Å². The van der Waals surface area contributed by atoms with Crippen LogP contribution in [0.25, 0.3) is 10.8 Å². The van der Waals surface area contributed by atoms with Crippen molar-refractivity contribution in [3.8, 4) is 0 Å². The van der Waals surface area contributed by atoms with E-state index in [2.05, 4.69) is 93.0 Å². The number of hydrogen-bond donors (Lipinski definition) is 0. The predicted octanol–water partition coefficient (Wildman–Crippen LogP) is -3.06. The molecule has 0 heterocycles. The molecular formula is C20H23Cl3HfP-. The molecule has 0 unspecified atom stereocenters. The summed E-state index contributed by atoms with van der Waals surface area (Å²) in [7, 11) is 0.199. The first-order chi connectivity index (χ1) is 10.2. The van der Waals surface area contributed by atoms with Gasteiger partial charge in [0.1, 0.15) is 0 Å². The summed E-state index contributed by atoms with van der Waals surface area (Å²) in [5.41, 5.74) is 1.40. The third kappa shape index (κ3) is 10.7. The maximum Gasteiger partial charge on any atom is 4.00 e. The maximum absolute atomic E-state index is 2.32. The van der Waals surface area contributed by atoms with Crippen molar-refractivity contribution in [1.82, 2.24) is 0 Å². The Hall–Kier alpha value is 0.0901. The summed E-state index contributed by atoms with van der Waals surface area (Å²) in [4.78, 5) is 0. The fourth-order valence-electron chi connectivity index (χ4n) is 2.36. The number of rotatable bonds is 3. The zero-order valence-corrected chi connectivity index (χ0v) is 21.5. The first kappa shape index (κ1) is 29.8. The summed E-state index contributed by atoms with van der Waals surface area (Å²) in [5.74, 6) is 1.52. The van der Waals surface area contributed by atoms with Crippen molar-refractivity contribution in [2.24, 2.45) is 0 Å². The largest absolute Gasteiger partial charge is 4.00 e. The average Bonchev–Trinajstić information content (AvgIpc) is 2.96. The minimum Gasteiger partial charge on any atom is -1.00 e. The van der Waals surface area contributed by atoms with E-state index in [0.717, 1.165) is 0 Å². The molecule has 25 heavy (non-hydrogen) atoms. The normalized spacial score (nSPS) is 8.64. The van der Waals surface area contributed by atoms with Crippen LogP contribution in [0.2, 0.25) is 0 Å². The molecule has 0 aliphatic heterocycles. The van der Waals surface area contributed by atoms with Crippen LogP contribution in [0, 0.1) is 5.92 Å². The van der Waals surface area contributed by atoms with Gasteiger partial charge in [-0.25, -0.2) is 0 Å². The molecule has 0 saturated carbocycles. The third-order valence-corrected chi connectivity index (χ3v) is 4.47. The smallest absolute Gasteiger partial charge is 1.00 e. The molecule has 0 radical (unpaired) electrons. The second kappa shape index (κ2) is 16.3. The zero-order valence-electron chi connectivity index (χ0n) is 14.7. The first-order valence-electron chi connectivity index (χ1n) is 7.30. The number of hydrogen-bond acceptors (Lipinski definition) is 0. The van der Waals surface area contributed by atoms with Crippen LogP contribution in [-0.4, -0.2) is 19.5 Å². The fourth-order valence-corrected chi connectivity index (χ4v) is 3.49. The Morgan fingerprint density at radius 1 is 0.840 bits per heavy atom. The molecule has 134 valence electrons. The fraction of sp³-hybridized carbons (Fsp3) is 0.200. The van der Waals surface area contributed by atoms with Gasteiger partial charge in [-0.15, -0.1) is 49.7 Å². The summed E-state index contributed by atoms with van der Waals surface area (Å²) in [5, 5.41) is 2.66. The van der Waals surface area contributed by atoms with E-state index in [-0.39, 0.29) is 71.0 Å². The molecule has 3 aromatic carbocycles. The molecule has 0 amide bonds. The average molecular weight is 579 g/mol. The molecular weight excluding hydrogens is 556 g/mol. The summed E-state index contributed by atoms with van der Waals surface area (Å²) in [6, 6.07) is 25.3. The van der Waals surface area contributed by atoms with Crippen molar-refractivity contribution >= 4 is 18.7 Å². The van der Waals surface area contributed by atoms with Gasteiger partial charge in [0, 0.05) is 0 Å². The van der Waals surface area contributed by atoms with Gasteiger partial charge >= 0.3 is 25.8 Å². The quantitative estimate of drug-likeness (QED) is 0.176. The molecule has 0 spiro atoms. The van der Waals surface area contributed by atoms with Crippen molar-refractivity contribution in [1.29, 1.82) is 0 Å². The minimum atomic E-state index is 0. The molecule has 3 rings (SSSR count). The number of benzene rings is 2. The van der Waals surface area contributed by atoms with Crippen LogP contribution >= 0.6 is 7.92 Å². The molecule has 5 heteroatoms. The van der Waals surface area contributed by atoms with Gasteiger partial charge in [0.2, 0.25) is 0 Å². The minimum absolute atomic E-state index is 0. The Morgan fingerprint density at radius 3 is 1.96 bits per heavy atom. The molecule has 0 N–H and O–H groups in total. The Bertz CT molecular complexity index is 626. The van der Waals surface area contributed by atoms with Crippen molar-refractivity contribution in [3.63, 3.8) is 0 Å². The van der Waals surface area contributed by atoms with Crippen LogP contribution in [0.3, 0.4) is 0 Å². The van der Waals surface area contributed by atoms with E-state index in [4.69, 9.17) is 0 Å². The van der Waals surface area contributed by atoms with Crippen molar-refractivity contribution in [2.45, 2.75) is 6.92 Å². The monoisotopic (exact) mass is 579 g/mol. The molecule has 0 bridgehead atoms. The van der Waals surface area contributed by atoms with E-state index in [9.17, 15) is 0 Å². The van der Waals surface area contributed by atoms with E-state index in [1.54, 1.807) is 0 Å². The predicted molar refractivity (Wildman–Crippen MR) is 97.6 cm³/mol. The van der Waals surface area contributed by atoms with Crippen molar-refractivity contribution in [2.75, 3.05) is 19.5 Å². The Labute approximate surface area is 191 Å². The maximum atomic E-state index is 2.32. The Morgan fingerprint density at radius 2 is 1.40 bits per heavy atom. The summed E-state index contributed by atoms with van der Waals surface area (Å²) in [6.07, 6.45) is 1.26. The van der Waals surface area contributed by atoms with Crippen LogP contribution in [0.15, 0.2) is 72.8 Å². The zero-order chi connectivity index (χ0) is 15.1. The second-order valence-corrected chi connectivity index (χ2v) is 8.01. The van der Waals surface area contributed by atoms with E-state index < -0.39 is 0 Å². The van der Waals surface area contributed by atoms with Gasteiger partial charge in [-0.3, -0.25) is 0 Å². The van der Waals surface area contributed by atoms with Gasteiger partial charge < -0.3 is 37.2 Å². The van der Waals surface area contributed by atoms with Crippen LogP contribution in [0.4, 0.5) is 0 Å². The second-order valence-electron chi connectivity index (χ2n) is 5.54. The van der Waals surface area contributed by atoms with E-state index in [1.807, 2.05) is 0 Å². The van der Waals surface area contributed by atoms with Gasteiger partial charge in [0.25, 0.3) is 0 Å². The van der Waals surface area contributed by atoms with E-state index in [0.29, 0.717) is 0 Å². The van der Waals surface area contributed by atoms with Crippen molar-refractivity contribution in [3.05, 3.63) is 84.3 Å². The SMILES string of the molecule is C[C-](CP(C)C)c1ccccc1.[Cl-].[Cl-].[Cl-].[Hf+4].c1ccc2[cH-]ccc2c1. The Balaban J connectivity index is -0.000000341. The molecule has 0 aliphatic carbocycles. The molecule has 0 atom stereocenters. The van der Waals surface area contributed by atoms with Gasteiger partial charge in [0.15, 0.2) is 0 Å².